The Labute approximate surface area is 66.6 Å². The molecule has 0 aliphatic carbocycles. The van der Waals surface area contributed by atoms with Crippen molar-refractivity contribution in [2.24, 2.45) is 0 Å². The van der Waals surface area contributed by atoms with E-state index >= 15 is 0 Å². The fraction of sp³-hybridized carbons (Fsp3) is 0.200. The first-order valence-electron chi connectivity index (χ1n) is 2.29. The second-order valence-electron chi connectivity index (χ2n) is 1.39. The van der Waals surface area contributed by atoms with Crippen molar-refractivity contribution in [2.45, 2.75) is 6.54 Å². The monoisotopic (exact) mass is 239 g/mol. The number of hydrogen-bond acceptors (Lipinski definition) is 2. The summed E-state index contributed by atoms with van der Waals surface area (Å²) in [5.41, 5.74) is 0. The van der Waals surface area contributed by atoms with Crippen LogP contribution < -0.4 is 3.53 Å². The predicted octanol–water partition coefficient (Wildman–Crippen LogP) is 2.19. The van der Waals surface area contributed by atoms with Crippen molar-refractivity contribution >= 4 is 34.2 Å². The molecule has 3 heteroatoms. The Morgan fingerprint density at radius 1 is 1.75 bits per heavy atom. The lowest BCUT2D eigenvalue weighted by molar-refractivity contribution is 1.04. The van der Waals surface area contributed by atoms with Crippen molar-refractivity contribution < 1.29 is 0 Å². The molecule has 0 unspecified atom stereocenters. The zero-order chi connectivity index (χ0) is 5.82. The van der Waals surface area contributed by atoms with Crippen LogP contribution in [0.2, 0.25) is 0 Å². The van der Waals surface area contributed by atoms with Gasteiger partial charge in [-0.2, -0.15) is 0 Å². The van der Waals surface area contributed by atoms with Crippen LogP contribution in [0.15, 0.2) is 17.5 Å². The molecule has 0 spiro atoms. The molecule has 0 saturated carbocycles. The Kier molecular flexibility index (Phi) is 2.78. The number of nitrogens with one attached hydrogen (secondary N) is 1. The zero-order valence-electron chi connectivity index (χ0n) is 4.23. The van der Waals surface area contributed by atoms with Gasteiger partial charge in [0.05, 0.1) is 0 Å². The number of halogens is 1. The Balaban J connectivity index is 2.50. The summed E-state index contributed by atoms with van der Waals surface area (Å²) in [5, 5.41) is 2.09. The fourth-order valence-electron chi connectivity index (χ4n) is 0.479. The average Bonchev–Trinajstić information content (AvgIpc) is 2.19. The molecular formula is C5H6INS. The standard InChI is InChI=1S/C5H6INS/c6-7-4-5-2-1-3-8-5/h1-3,7H,4H2. The molecule has 44 valence electrons. The summed E-state index contributed by atoms with van der Waals surface area (Å²) < 4.78 is 3.05. The highest BCUT2D eigenvalue weighted by Crippen LogP contribution is 2.07. The molecule has 0 amide bonds. The third-order valence-corrected chi connectivity index (χ3v) is 2.08. The zero-order valence-corrected chi connectivity index (χ0v) is 7.20. The Morgan fingerprint density at radius 3 is 3.12 bits per heavy atom. The van der Waals surface area contributed by atoms with E-state index in [1.807, 2.05) is 0 Å². The average molecular weight is 239 g/mol. The molecule has 1 heterocycles. The molecule has 0 aromatic carbocycles. The summed E-state index contributed by atoms with van der Waals surface area (Å²) in [6.45, 7) is 0.984. The Morgan fingerprint density at radius 2 is 2.62 bits per heavy atom. The van der Waals surface area contributed by atoms with E-state index in [1.54, 1.807) is 11.3 Å². The van der Waals surface area contributed by atoms with Gasteiger partial charge in [-0.15, -0.1) is 11.3 Å². The minimum Gasteiger partial charge on any atom is -0.256 e. The Bertz CT molecular complexity index is 138. The van der Waals surface area contributed by atoms with Crippen LogP contribution >= 0.6 is 34.2 Å². The van der Waals surface area contributed by atoms with Crippen LogP contribution in [0.1, 0.15) is 4.88 Å². The van der Waals surface area contributed by atoms with E-state index in [4.69, 9.17) is 0 Å². The lowest BCUT2D eigenvalue weighted by Crippen LogP contribution is -1.92. The molecule has 1 aromatic heterocycles. The van der Waals surface area contributed by atoms with Crippen LogP contribution in [0.3, 0.4) is 0 Å². The van der Waals surface area contributed by atoms with Crippen molar-refractivity contribution in [3.63, 3.8) is 0 Å². The van der Waals surface area contributed by atoms with Gasteiger partial charge in [0.1, 0.15) is 0 Å². The maximum atomic E-state index is 3.05. The van der Waals surface area contributed by atoms with Crippen molar-refractivity contribution in [1.82, 2.24) is 3.53 Å². The van der Waals surface area contributed by atoms with Crippen molar-refractivity contribution in [2.75, 3.05) is 0 Å². The molecule has 8 heavy (non-hydrogen) atoms. The molecule has 1 nitrogen and oxygen atoms in total. The highest BCUT2D eigenvalue weighted by atomic mass is 127. The highest BCUT2D eigenvalue weighted by Gasteiger charge is 1.86. The van der Waals surface area contributed by atoms with Gasteiger partial charge in [0, 0.05) is 34.3 Å². The maximum Gasteiger partial charge on any atom is 0.0395 e. The first kappa shape index (κ1) is 6.51. The van der Waals surface area contributed by atoms with Gasteiger partial charge in [0.25, 0.3) is 0 Å². The quantitative estimate of drug-likeness (QED) is 0.616. The molecule has 0 radical (unpaired) electrons. The molecule has 1 rings (SSSR count). The molecule has 0 saturated heterocycles. The maximum absolute atomic E-state index is 3.05. The number of hydrogen-bond donors (Lipinski definition) is 1. The summed E-state index contributed by atoms with van der Waals surface area (Å²) in [4.78, 5) is 1.39. The molecular weight excluding hydrogens is 233 g/mol. The summed E-state index contributed by atoms with van der Waals surface area (Å²) in [7, 11) is 0. The lowest BCUT2D eigenvalue weighted by atomic mass is 10.5. The summed E-state index contributed by atoms with van der Waals surface area (Å²) in [5.74, 6) is 0. The number of thiophene rings is 1. The second kappa shape index (κ2) is 3.42. The molecule has 0 aliphatic rings. The van der Waals surface area contributed by atoms with E-state index in [-0.39, 0.29) is 0 Å². The third kappa shape index (κ3) is 1.72. The van der Waals surface area contributed by atoms with Gasteiger partial charge in [-0.3, -0.25) is 3.53 Å². The first-order chi connectivity index (χ1) is 3.93. The van der Waals surface area contributed by atoms with Gasteiger partial charge in [0.2, 0.25) is 0 Å². The van der Waals surface area contributed by atoms with Gasteiger partial charge in [-0.05, 0) is 11.4 Å². The lowest BCUT2D eigenvalue weighted by Gasteiger charge is -1.87. The minimum atomic E-state index is 0.984. The SMILES string of the molecule is INCc1cccs1. The normalized spacial score (nSPS) is 9.62. The van der Waals surface area contributed by atoms with Crippen LogP contribution in [0, 0.1) is 0 Å². The molecule has 1 N–H and O–H groups in total. The number of rotatable bonds is 2. The van der Waals surface area contributed by atoms with Gasteiger partial charge in [-0.1, -0.05) is 6.07 Å². The van der Waals surface area contributed by atoms with Gasteiger partial charge < -0.3 is 0 Å². The van der Waals surface area contributed by atoms with Crippen LogP contribution in [0.5, 0.6) is 0 Å². The van der Waals surface area contributed by atoms with Gasteiger partial charge in [-0.25, -0.2) is 0 Å². The van der Waals surface area contributed by atoms with E-state index in [2.05, 4.69) is 43.9 Å². The predicted molar refractivity (Wildman–Crippen MR) is 45.2 cm³/mol. The van der Waals surface area contributed by atoms with E-state index in [9.17, 15) is 0 Å². The topological polar surface area (TPSA) is 12.0 Å². The van der Waals surface area contributed by atoms with Crippen molar-refractivity contribution in [3.05, 3.63) is 22.4 Å². The van der Waals surface area contributed by atoms with Crippen LogP contribution in [-0.4, -0.2) is 0 Å². The summed E-state index contributed by atoms with van der Waals surface area (Å²) >= 11 is 3.93. The molecule has 0 atom stereocenters. The fourth-order valence-corrected chi connectivity index (χ4v) is 1.79. The van der Waals surface area contributed by atoms with Gasteiger partial charge >= 0.3 is 0 Å². The van der Waals surface area contributed by atoms with Gasteiger partial charge in [0.15, 0.2) is 0 Å². The van der Waals surface area contributed by atoms with Crippen molar-refractivity contribution in [3.8, 4) is 0 Å². The first-order valence-corrected chi connectivity index (χ1v) is 4.25. The third-order valence-electron chi connectivity index (χ3n) is 0.821. The molecule has 0 aliphatic heterocycles. The van der Waals surface area contributed by atoms with E-state index in [1.165, 1.54) is 4.88 Å². The van der Waals surface area contributed by atoms with Crippen LogP contribution in [0.25, 0.3) is 0 Å². The minimum absolute atomic E-state index is 0.984. The Hall–Kier alpha value is 0.390. The largest absolute Gasteiger partial charge is 0.256 e. The van der Waals surface area contributed by atoms with E-state index in [0.29, 0.717) is 0 Å². The summed E-state index contributed by atoms with van der Waals surface area (Å²) in [6.07, 6.45) is 0. The van der Waals surface area contributed by atoms with E-state index in [0.717, 1.165) is 6.54 Å². The summed E-state index contributed by atoms with van der Waals surface area (Å²) in [6, 6.07) is 4.18. The van der Waals surface area contributed by atoms with E-state index < -0.39 is 0 Å². The molecule has 0 bridgehead atoms. The molecule has 0 fully saturated rings. The molecule has 1 aromatic rings. The van der Waals surface area contributed by atoms with Crippen LogP contribution in [-0.2, 0) is 6.54 Å². The van der Waals surface area contributed by atoms with Crippen molar-refractivity contribution in [1.29, 1.82) is 0 Å². The van der Waals surface area contributed by atoms with Crippen LogP contribution in [0.4, 0.5) is 0 Å². The highest BCUT2D eigenvalue weighted by molar-refractivity contribution is 14.1. The smallest absolute Gasteiger partial charge is 0.0395 e. The second-order valence-corrected chi connectivity index (χ2v) is 3.18.